The van der Waals surface area contributed by atoms with Gasteiger partial charge in [-0.1, -0.05) is 48.9 Å². The van der Waals surface area contributed by atoms with Crippen LogP contribution in [-0.2, 0) is 6.42 Å². The largest absolute Gasteiger partial charge is 0.353 e. The van der Waals surface area contributed by atoms with E-state index in [0.717, 1.165) is 61.5 Å². The van der Waals surface area contributed by atoms with Crippen LogP contribution >= 0.6 is 0 Å². The fourth-order valence-corrected chi connectivity index (χ4v) is 7.27. The number of nitrogens with zero attached hydrogens (tertiary/aromatic N) is 5. The van der Waals surface area contributed by atoms with Gasteiger partial charge < -0.3 is 15.1 Å². The van der Waals surface area contributed by atoms with Crippen molar-refractivity contribution in [1.29, 1.82) is 0 Å². The number of carbonyl (C=O) groups excluding carboxylic acids is 1. The van der Waals surface area contributed by atoms with Crippen molar-refractivity contribution in [2.45, 2.75) is 38.6 Å². The zero-order valence-electron chi connectivity index (χ0n) is 24.5. The van der Waals surface area contributed by atoms with E-state index in [2.05, 4.69) is 57.6 Å². The average molecular weight is 577 g/mol. The molecule has 2 aromatic heterocycles. The lowest BCUT2D eigenvalue weighted by Gasteiger charge is -2.39. The zero-order chi connectivity index (χ0) is 29.4. The number of fused-ring (bicyclic) bond motifs is 2. The van der Waals surface area contributed by atoms with Crippen LogP contribution in [0.1, 0.15) is 49.0 Å². The maximum absolute atomic E-state index is 13.6. The maximum Gasteiger partial charge on any atom is 0.318 e. The van der Waals surface area contributed by atoms with Crippen LogP contribution in [0, 0.1) is 17.2 Å². The number of aromatic nitrogens is 3. The minimum atomic E-state index is -0.249. The van der Waals surface area contributed by atoms with Crippen molar-refractivity contribution in [1.82, 2.24) is 25.0 Å². The van der Waals surface area contributed by atoms with Crippen molar-refractivity contribution in [3.8, 4) is 5.69 Å². The minimum absolute atomic E-state index is 0.0000517. The molecule has 7 nitrogen and oxygen atoms in total. The number of carbonyl (C=O) groups is 1. The van der Waals surface area contributed by atoms with Crippen LogP contribution in [0.5, 0.6) is 0 Å². The molecule has 2 amide bonds. The molecule has 1 N–H and O–H groups in total. The Bertz CT molecular complexity index is 1610. The summed E-state index contributed by atoms with van der Waals surface area (Å²) in [5.74, 6) is 1.12. The first-order chi connectivity index (χ1) is 21.0. The predicted molar refractivity (Wildman–Crippen MR) is 166 cm³/mol. The molecule has 0 bridgehead atoms. The quantitative estimate of drug-likeness (QED) is 0.288. The Morgan fingerprint density at radius 2 is 1.79 bits per heavy atom. The molecule has 1 saturated carbocycles. The molecule has 8 heteroatoms. The fourth-order valence-electron chi connectivity index (χ4n) is 7.27. The van der Waals surface area contributed by atoms with Gasteiger partial charge in [-0.3, -0.25) is 0 Å². The van der Waals surface area contributed by atoms with E-state index >= 15 is 0 Å². The van der Waals surface area contributed by atoms with Crippen LogP contribution in [0.25, 0.3) is 11.8 Å². The van der Waals surface area contributed by atoms with Gasteiger partial charge in [-0.05, 0) is 90.6 Å². The van der Waals surface area contributed by atoms with Gasteiger partial charge in [-0.2, -0.15) is 5.10 Å². The molecular weight excluding hydrogens is 539 g/mol. The molecule has 0 radical (unpaired) electrons. The number of urea groups is 1. The molecule has 3 aliphatic rings. The van der Waals surface area contributed by atoms with E-state index in [4.69, 9.17) is 0 Å². The number of hydrogen-bond donors (Lipinski definition) is 1. The predicted octanol–water partition coefficient (Wildman–Crippen LogP) is 6.43. The second-order valence-electron chi connectivity index (χ2n) is 12.3. The molecule has 1 aliphatic heterocycles. The number of pyridine rings is 1. The number of benzene rings is 2. The van der Waals surface area contributed by atoms with E-state index in [1.807, 2.05) is 46.2 Å². The van der Waals surface area contributed by atoms with Crippen molar-refractivity contribution in [3.05, 3.63) is 113 Å². The van der Waals surface area contributed by atoms with Crippen LogP contribution in [0.2, 0.25) is 0 Å². The molecule has 220 valence electrons. The summed E-state index contributed by atoms with van der Waals surface area (Å²) in [5, 5.41) is 8.12. The molecule has 7 rings (SSSR count). The Kier molecular flexibility index (Phi) is 7.21. The number of amides is 2. The minimum Gasteiger partial charge on any atom is -0.353 e. The van der Waals surface area contributed by atoms with Gasteiger partial charge >= 0.3 is 6.03 Å². The number of hydrogen-bond acceptors (Lipinski definition) is 4. The Morgan fingerprint density at radius 3 is 2.53 bits per heavy atom. The first kappa shape index (κ1) is 27.4. The summed E-state index contributed by atoms with van der Waals surface area (Å²) in [4.78, 5) is 22.3. The highest BCUT2D eigenvalue weighted by atomic mass is 19.1. The number of rotatable bonds is 6. The maximum atomic E-state index is 13.6. The summed E-state index contributed by atoms with van der Waals surface area (Å²) in [6.07, 6.45) is 9.98. The molecule has 3 heterocycles. The number of nitrogens with one attached hydrogen (secondary N) is 1. The van der Waals surface area contributed by atoms with E-state index in [-0.39, 0.29) is 23.3 Å². The number of anilines is 1. The lowest BCUT2D eigenvalue weighted by Crippen LogP contribution is -2.52. The van der Waals surface area contributed by atoms with Crippen LogP contribution < -0.4 is 10.2 Å². The number of halogens is 1. The first-order valence-corrected chi connectivity index (χ1v) is 15.3. The summed E-state index contributed by atoms with van der Waals surface area (Å²) in [6, 6.07) is 22.8. The van der Waals surface area contributed by atoms with Crippen LogP contribution in [0.15, 0.2) is 90.8 Å². The van der Waals surface area contributed by atoms with E-state index in [0.29, 0.717) is 19.0 Å². The third kappa shape index (κ3) is 5.31. The number of piperazine rings is 1. The van der Waals surface area contributed by atoms with E-state index in [1.165, 1.54) is 23.3 Å². The lowest BCUT2D eigenvalue weighted by atomic mass is 9.68. The highest BCUT2D eigenvalue weighted by Crippen LogP contribution is 2.55. The Hall–Kier alpha value is -4.46. The Balaban J connectivity index is 1.07. The van der Waals surface area contributed by atoms with Gasteiger partial charge in [-0.15, -0.1) is 0 Å². The topological polar surface area (TPSA) is 66.3 Å². The zero-order valence-corrected chi connectivity index (χ0v) is 24.5. The Labute approximate surface area is 252 Å². The second kappa shape index (κ2) is 11.3. The molecule has 43 heavy (non-hydrogen) atoms. The first-order valence-electron chi connectivity index (χ1n) is 15.3. The monoisotopic (exact) mass is 576 g/mol. The van der Waals surface area contributed by atoms with Crippen molar-refractivity contribution < 1.29 is 9.18 Å². The van der Waals surface area contributed by atoms with Gasteiger partial charge in [0.2, 0.25) is 0 Å². The molecule has 0 spiro atoms. The van der Waals surface area contributed by atoms with E-state index in [9.17, 15) is 9.18 Å². The van der Waals surface area contributed by atoms with Crippen molar-refractivity contribution in [2.24, 2.45) is 11.3 Å². The smallest absolute Gasteiger partial charge is 0.318 e. The molecule has 2 aromatic carbocycles. The van der Waals surface area contributed by atoms with Gasteiger partial charge in [-0.25, -0.2) is 18.9 Å². The normalized spacial score (nSPS) is 22.0. The van der Waals surface area contributed by atoms with E-state index < -0.39 is 0 Å². The van der Waals surface area contributed by atoms with Gasteiger partial charge in [0.1, 0.15) is 11.6 Å². The fraction of sp³-hybridized carbons (Fsp3) is 0.343. The summed E-state index contributed by atoms with van der Waals surface area (Å²) >= 11 is 0. The van der Waals surface area contributed by atoms with Gasteiger partial charge in [0.25, 0.3) is 0 Å². The van der Waals surface area contributed by atoms with Gasteiger partial charge in [0.15, 0.2) is 0 Å². The SMILES string of the molecule is CC12Cc3cnn(-c4ccc(F)cc4)c3C=C1CCC2CC(NC(=O)N1CCN(c2ccccn2)CC1)c1ccccc1. The summed E-state index contributed by atoms with van der Waals surface area (Å²) in [7, 11) is 0. The third-order valence-corrected chi connectivity index (χ3v) is 9.78. The third-order valence-electron chi connectivity index (χ3n) is 9.78. The average Bonchev–Trinajstić information content (AvgIpc) is 3.59. The second-order valence-corrected chi connectivity index (χ2v) is 12.3. The molecule has 2 fully saturated rings. The van der Waals surface area contributed by atoms with Crippen LogP contribution in [-0.4, -0.2) is 51.9 Å². The van der Waals surface area contributed by atoms with Crippen molar-refractivity contribution in [3.63, 3.8) is 0 Å². The molecular formula is C35H37FN6O. The molecule has 3 unspecified atom stereocenters. The number of allylic oxidation sites excluding steroid dienone is 1. The summed E-state index contributed by atoms with van der Waals surface area (Å²) in [6.45, 7) is 5.25. The molecule has 3 atom stereocenters. The van der Waals surface area contributed by atoms with Gasteiger partial charge in [0.05, 0.1) is 23.6 Å². The standard InChI is InChI=1S/C35H37FN6O/c1-35-23-26-24-38-42(30-14-12-29(36)13-15-30)32(26)22-28(35)11-10-27(35)21-31(25-7-3-2-4-8-25)39-34(43)41-19-17-40(18-20-41)33-9-5-6-16-37-33/h2-9,12-16,22,24,27,31H,10-11,17-21,23H2,1H3,(H,39,43). The highest BCUT2D eigenvalue weighted by Gasteiger charge is 2.46. The molecule has 2 aliphatic carbocycles. The van der Waals surface area contributed by atoms with Crippen molar-refractivity contribution in [2.75, 3.05) is 31.1 Å². The summed E-state index contributed by atoms with van der Waals surface area (Å²) in [5.41, 5.74) is 5.76. The van der Waals surface area contributed by atoms with Crippen molar-refractivity contribution >= 4 is 17.9 Å². The Morgan fingerprint density at radius 1 is 1.02 bits per heavy atom. The van der Waals surface area contributed by atoms with Crippen LogP contribution in [0.4, 0.5) is 15.0 Å². The molecule has 1 saturated heterocycles. The summed E-state index contributed by atoms with van der Waals surface area (Å²) < 4.78 is 15.5. The van der Waals surface area contributed by atoms with Crippen LogP contribution in [0.3, 0.4) is 0 Å². The van der Waals surface area contributed by atoms with Gasteiger partial charge in [0, 0.05) is 32.4 Å². The highest BCUT2D eigenvalue weighted by molar-refractivity contribution is 5.75. The lowest BCUT2D eigenvalue weighted by molar-refractivity contribution is 0.181. The molecule has 4 aromatic rings. The van der Waals surface area contributed by atoms with E-state index in [1.54, 1.807) is 12.1 Å².